The third-order valence-electron chi connectivity index (χ3n) is 5.59. The van der Waals surface area contributed by atoms with Crippen LogP contribution in [-0.4, -0.2) is 57.1 Å². The predicted octanol–water partition coefficient (Wildman–Crippen LogP) is 4.23. The van der Waals surface area contributed by atoms with Crippen molar-refractivity contribution in [3.63, 3.8) is 0 Å². The number of sulfonamides is 1. The Morgan fingerprint density at radius 2 is 1.72 bits per heavy atom. The molecule has 0 fully saturated rings. The molecule has 198 valence electrons. The van der Waals surface area contributed by atoms with Gasteiger partial charge in [-0.25, -0.2) is 8.42 Å². The highest BCUT2D eigenvalue weighted by Crippen LogP contribution is 2.30. The minimum absolute atomic E-state index is 0.0757. The molecule has 8 nitrogen and oxygen atoms in total. The number of benzene rings is 2. The number of nitrogens with one attached hydrogen (secondary N) is 1. The summed E-state index contributed by atoms with van der Waals surface area (Å²) in [7, 11) is -3.62. The number of nitrogens with zero attached hydrogens (tertiary/aromatic N) is 2. The minimum atomic E-state index is -3.62. The number of halogens is 1. The van der Waals surface area contributed by atoms with Gasteiger partial charge in [0, 0.05) is 31.1 Å². The molecule has 1 atom stereocenters. The molecule has 36 heavy (non-hydrogen) atoms. The van der Waals surface area contributed by atoms with Crippen LogP contribution in [0.3, 0.4) is 0 Å². The zero-order valence-electron chi connectivity index (χ0n) is 21.4. The summed E-state index contributed by atoms with van der Waals surface area (Å²) in [5, 5.41) is 3.39. The van der Waals surface area contributed by atoms with Gasteiger partial charge in [0.05, 0.1) is 18.6 Å². The first-order valence-electron chi connectivity index (χ1n) is 12.1. The van der Waals surface area contributed by atoms with E-state index in [0.717, 1.165) is 11.8 Å². The molecule has 0 bridgehead atoms. The number of carbonyl (C=O) groups excluding carboxylic acids is 2. The molecule has 0 spiro atoms. The average molecular weight is 538 g/mol. The summed E-state index contributed by atoms with van der Waals surface area (Å²) in [5.41, 5.74) is 1.28. The Labute approximate surface area is 219 Å². The number of para-hydroxylation sites is 2. The van der Waals surface area contributed by atoms with Crippen LogP contribution in [0.1, 0.15) is 45.6 Å². The molecule has 0 heterocycles. The highest BCUT2D eigenvalue weighted by molar-refractivity contribution is 7.92. The van der Waals surface area contributed by atoms with Crippen molar-refractivity contribution in [1.29, 1.82) is 0 Å². The molecule has 0 radical (unpaired) electrons. The fourth-order valence-corrected chi connectivity index (χ4v) is 5.02. The van der Waals surface area contributed by atoms with Crippen molar-refractivity contribution in [2.24, 2.45) is 0 Å². The van der Waals surface area contributed by atoms with Crippen LogP contribution in [0.5, 0.6) is 5.75 Å². The lowest BCUT2D eigenvalue weighted by Crippen LogP contribution is -2.49. The molecule has 10 heteroatoms. The molecule has 2 rings (SSSR count). The normalized spacial score (nSPS) is 12.0. The lowest BCUT2D eigenvalue weighted by molar-refractivity contribution is -0.141. The van der Waals surface area contributed by atoms with Gasteiger partial charge in [0.25, 0.3) is 0 Å². The van der Waals surface area contributed by atoms with Gasteiger partial charge in [0.15, 0.2) is 0 Å². The molecule has 1 N–H and O–H groups in total. The van der Waals surface area contributed by atoms with Crippen LogP contribution < -0.4 is 14.4 Å². The van der Waals surface area contributed by atoms with E-state index in [9.17, 15) is 18.0 Å². The molecule has 0 aromatic heterocycles. The fourth-order valence-electron chi connectivity index (χ4n) is 3.92. The summed E-state index contributed by atoms with van der Waals surface area (Å²) in [4.78, 5) is 27.7. The summed E-state index contributed by atoms with van der Waals surface area (Å²) >= 11 is 6.00. The van der Waals surface area contributed by atoms with E-state index < -0.39 is 16.1 Å². The van der Waals surface area contributed by atoms with Gasteiger partial charge in [-0.1, -0.05) is 42.8 Å². The van der Waals surface area contributed by atoms with E-state index in [0.29, 0.717) is 36.0 Å². The van der Waals surface area contributed by atoms with Gasteiger partial charge in [0.2, 0.25) is 21.8 Å². The van der Waals surface area contributed by atoms with Crippen LogP contribution >= 0.6 is 11.6 Å². The van der Waals surface area contributed by atoms with Gasteiger partial charge in [0.1, 0.15) is 11.8 Å². The number of ether oxygens (including phenoxy) is 1. The van der Waals surface area contributed by atoms with E-state index in [4.69, 9.17) is 16.3 Å². The van der Waals surface area contributed by atoms with E-state index in [1.807, 2.05) is 32.9 Å². The zero-order chi connectivity index (χ0) is 26.7. The first kappa shape index (κ1) is 29.5. The second-order valence-corrected chi connectivity index (χ2v) is 10.6. The van der Waals surface area contributed by atoms with E-state index in [-0.39, 0.29) is 37.7 Å². The minimum Gasteiger partial charge on any atom is -0.492 e. The first-order chi connectivity index (χ1) is 17.1. The standard InChI is InChI=1S/C26H36ClN3O5S/c1-5-22(26(32)28-6-2)29(19-20-14-16-21(27)17-15-20)25(31)13-10-18-30(36(4,33)34)23-11-8-9-12-24(23)35-7-3/h8-9,11-12,14-17,22H,5-7,10,13,18-19H2,1-4H3,(H,28,32)/t22-/m0/s1. The molecule has 0 aliphatic heterocycles. The fraction of sp³-hybridized carbons (Fsp3) is 0.462. The van der Waals surface area contributed by atoms with Gasteiger partial charge in [-0.05, 0) is 56.5 Å². The lowest BCUT2D eigenvalue weighted by Gasteiger charge is -2.31. The maximum Gasteiger partial charge on any atom is 0.242 e. The molecular weight excluding hydrogens is 502 g/mol. The van der Waals surface area contributed by atoms with Gasteiger partial charge < -0.3 is 15.0 Å². The maximum atomic E-state index is 13.4. The SMILES string of the molecule is CCNC(=O)[C@H](CC)N(Cc1ccc(Cl)cc1)C(=O)CCCN(c1ccccc1OCC)S(C)(=O)=O. The molecule has 2 aromatic rings. The lowest BCUT2D eigenvalue weighted by atomic mass is 10.1. The monoisotopic (exact) mass is 537 g/mol. The predicted molar refractivity (Wildman–Crippen MR) is 144 cm³/mol. The van der Waals surface area contributed by atoms with Gasteiger partial charge in [-0.2, -0.15) is 0 Å². The number of hydrogen-bond acceptors (Lipinski definition) is 5. The molecule has 2 amide bonds. The number of hydrogen-bond donors (Lipinski definition) is 1. The Morgan fingerprint density at radius 3 is 2.31 bits per heavy atom. The Bertz CT molecular complexity index is 1110. The van der Waals surface area contributed by atoms with Crippen molar-refractivity contribution in [1.82, 2.24) is 10.2 Å². The van der Waals surface area contributed by atoms with Crippen molar-refractivity contribution in [2.75, 3.05) is 30.3 Å². The van der Waals surface area contributed by atoms with Crippen LogP contribution in [-0.2, 0) is 26.2 Å². The Hall–Kier alpha value is -2.78. The summed E-state index contributed by atoms with van der Waals surface area (Å²) in [6.07, 6.45) is 1.93. The smallest absolute Gasteiger partial charge is 0.242 e. The van der Waals surface area contributed by atoms with Crippen molar-refractivity contribution >= 4 is 39.1 Å². The first-order valence-corrected chi connectivity index (χ1v) is 14.4. The van der Waals surface area contributed by atoms with Crippen LogP contribution in [0.15, 0.2) is 48.5 Å². The van der Waals surface area contributed by atoms with Crippen molar-refractivity contribution in [2.45, 2.75) is 52.6 Å². The molecule has 0 aliphatic carbocycles. The largest absolute Gasteiger partial charge is 0.492 e. The van der Waals surface area contributed by atoms with Crippen LogP contribution in [0.25, 0.3) is 0 Å². The highest BCUT2D eigenvalue weighted by atomic mass is 35.5. The second kappa shape index (κ2) is 14.1. The van der Waals surface area contributed by atoms with Gasteiger partial charge >= 0.3 is 0 Å². The number of rotatable bonds is 14. The third kappa shape index (κ3) is 8.41. The molecule has 2 aromatic carbocycles. The number of amides is 2. The average Bonchev–Trinajstić information content (AvgIpc) is 2.83. The molecule has 0 saturated carbocycles. The van der Waals surface area contributed by atoms with E-state index >= 15 is 0 Å². The zero-order valence-corrected chi connectivity index (χ0v) is 22.9. The molecular formula is C26H36ClN3O5S. The summed E-state index contributed by atoms with van der Waals surface area (Å²) < 4.78 is 32.1. The second-order valence-electron chi connectivity index (χ2n) is 8.31. The topological polar surface area (TPSA) is 96.0 Å². The number of anilines is 1. The highest BCUT2D eigenvalue weighted by Gasteiger charge is 2.29. The summed E-state index contributed by atoms with van der Waals surface area (Å²) in [6, 6.07) is 13.4. The van der Waals surface area contributed by atoms with Crippen LogP contribution in [0.4, 0.5) is 5.69 Å². The quantitative estimate of drug-likeness (QED) is 0.389. The van der Waals surface area contributed by atoms with Crippen LogP contribution in [0, 0.1) is 0 Å². The molecule has 0 unspecified atom stereocenters. The van der Waals surface area contributed by atoms with Crippen LogP contribution in [0.2, 0.25) is 5.02 Å². The van der Waals surface area contributed by atoms with Gasteiger partial charge in [-0.3, -0.25) is 13.9 Å². The molecule has 0 aliphatic rings. The maximum absolute atomic E-state index is 13.4. The van der Waals surface area contributed by atoms with E-state index in [2.05, 4.69) is 5.32 Å². The number of carbonyl (C=O) groups is 2. The van der Waals surface area contributed by atoms with Gasteiger partial charge in [-0.15, -0.1) is 0 Å². The molecule has 0 saturated heterocycles. The van der Waals surface area contributed by atoms with E-state index in [1.165, 1.54) is 4.31 Å². The van der Waals surface area contributed by atoms with Crippen molar-refractivity contribution in [3.05, 3.63) is 59.1 Å². The summed E-state index contributed by atoms with van der Waals surface area (Å²) in [5.74, 6) is 0.0173. The Kier molecular flexibility index (Phi) is 11.5. The summed E-state index contributed by atoms with van der Waals surface area (Å²) in [6.45, 7) is 6.71. The Morgan fingerprint density at radius 1 is 1.06 bits per heavy atom. The number of likely N-dealkylation sites (N-methyl/N-ethyl adjacent to an activating group) is 1. The van der Waals surface area contributed by atoms with E-state index in [1.54, 1.807) is 41.3 Å². The van der Waals surface area contributed by atoms with Crippen molar-refractivity contribution in [3.8, 4) is 5.75 Å². The van der Waals surface area contributed by atoms with Crippen molar-refractivity contribution < 1.29 is 22.7 Å². The Balaban J connectivity index is 2.23. The third-order valence-corrected chi connectivity index (χ3v) is 7.02.